The van der Waals surface area contributed by atoms with Crippen molar-refractivity contribution in [2.75, 3.05) is 7.05 Å². The van der Waals surface area contributed by atoms with Crippen molar-refractivity contribution in [3.63, 3.8) is 0 Å². The zero-order valence-corrected chi connectivity index (χ0v) is 10.5. The van der Waals surface area contributed by atoms with Gasteiger partial charge in [0.15, 0.2) is 0 Å². The summed E-state index contributed by atoms with van der Waals surface area (Å²) in [5, 5.41) is 7.84. The quantitative estimate of drug-likeness (QED) is 0.806. The third-order valence-corrected chi connectivity index (χ3v) is 3.03. The Balaban J connectivity index is 2.57. The summed E-state index contributed by atoms with van der Waals surface area (Å²) in [5.41, 5.74) is 1.19. The van der Waals surface area contributed by atoms with E-state index in [1.54, 1.807) is 0 Å². The van der Waals surface area contributed by atoms with Crippen molar-refractivity contribution in [1.82, 2.24) is 15.1 Å². The van der Waals surface area contributed by atoms with Crippen LogP contribution in [0.4, 0.5) is 0 Å². The topological polar surface area (TPSA) is 29.9 Å². The Hall–Kier alpha value is -0.830. The average Bonchev–Trinajstić information content (AvgIpc) is 2.65. The number of hydrogen-bond acceptors (Lipinski definition) is 2. The molecule has 1 N–H and O–H groups in total. The average molecular weight is 209 g/mol. The fourth-order valence-electron chi connectivity index (χ4n) is 1.57. The summed E-state index contributed by atoms with van der Waals surface area (Å²) in [6.07, 6.45) is 3.11. The Labute approximate surface area is 92.9 Å². The number of aromatic nitrogens is 2. The van der Waals surface area contributed by atoms with E-state index < -0.39 is 0 Å². The van der Waals surface area contributed by atoms with E-state index in [1.165, 1.54) is 5.69 Å². The molecule has 0 saturated heterocycles. The summed E-state index contributed by atoms with van der Waals surface area (Å²) in [4.78, 5) is 0. The molecule has 86 valence electrons. The molecule has 15 heavy (non-hydrogen) atoms. The van der Waals surface area contributed by atoms with Gasteiger partial charge in [-0.05, 0) is 46.2 Å². The Morgan fingerprint density at radius 2 is 2.00 bits per heavy atom. The maximum atomic E-state index is 4.56. The van der Waals surface area contributed by atoms with Crippen LogP contribution in [0.15, 0.2) is 12.3 Å². The fourth-order valence-corrected chi connectivity index (χ4v) is 1.57. The van der Waals surface area contributed by atoms with E-state index in [4.69, 9.17) is 0 Å². The Morgan fingerprint density at radius 3 is 2.47 bits per heavy atom. The highest BCUT2D eigenvalue weighted by Gasteiger charge is 2.12. The molecule has 1 heterocycles. The number of nitrogens with zero attached hydrogens (tertiary/aromatic N) is 2. The van der Waals surface area contributed by atoms with Crippen LogP contribution in [0.2, 0.25) is 0 Å². The summed E-state index contributed by atoms with van der Waals surface area (Å²) < 4.78 is 2.02. The zero-order valence-electron chi connectivity index (χ0n) is 10.5. The molecule has 1 aromatic rings. The third-order valence-electron chi connectivity index (χ3n) is 3.03. The van der Waals surface area contributed by atoms with Gasteiger partial charge in [0.2, 0.25) is 0 Å². The summed E-state index contributed by atoms with van der Waals surface area (Å²) in [7, 11) is 2.01. The minimum atomic E-state index is 0.454. The molecule has 0 aromatic carbocycles. The molecule has 0 aliphatic rings. The molecule has 0 bridgehead atoms. The smallest absolute Gasteiger partial charge is 0.0627 e. The normalized spacial score (nSPS) is 15.6. The first-order valence-electron chi connectivity index (χ1n) is 5.76. The van der Waals surface area contributed by atoms with Gasteiger partial charge in [-0.25, -0.2) is 0 Å². The molecule has 0 saturated carbocycles. The summed E-state index contributed by atoms with van der Waals surface area (Å²) in [6.45, 7) is 8.77. The lowest BCUT2D eigenvalue weighted by atomic mass is 9.98. The molecule has 2 atom stereocenters. The monoisotopic (exact) mass is 209 g/mol. The second-order valence-electron chi connectivity index (χ2n) is 4.64. The molecule has 2 unspecified atom stereocenters. The van der Waals surface area contributed by atoms with Crippen LogP contribution in [0, 0.1) is 5.92 Å². The van der Waals surface area contributed by atoms with E-state index in [0.29, 0.717) is 18.0 Å². The number of nitrogens with one attached hydrogen (secondary N) is 1. The van der Waals surface area contributed by atoms with Crippen molar-refractivity contribution < 1.29 is 0 Å². The largest absolute Gasteiger partial charge is 0.317 e. The van der Waals surface area contributed by atoms with Crippen LogP contribution in [-0.2, 0) is 6.42 Å². The third kappa shape index (κ3) is 3.34. The molecule has 3 nitrogen and oxygen atoms in total. The van der Waals surface area contributed by atoms with Crippen LogP contribution < -0.4 is 5.32 Å². The van der Waals surface area contributed by atoms with Gasteiger partial charge in [-0.2, -0.15) is 5.10 Å². The molecule has 1 aromatic heterocycles. The van der Waals surface area contributed by atoms with Crippen LogP contribution in [0.1, 0.15) is 39.4 Å². The van der Waals surface area contributed by atoms with Gasteiger partial charge in [-0.3, -0.25) is 4.68 Å². The minimum absolute atomic E-state index is 0.454. The highest BCUT2D eigenvalue weighted by Crippen LogP contribution is 2.11. The van der Waals surface area contributed by atoms with E-state index >= 15 is 0 Å². The van der Waals surface area contributed by atoms with Gasteiger partial charge >= 0.3 is 0 Å². The Morgan fingerprint density at radius 1 is 1.33 bits per heavy atom. The highest BCUT2D eigenvalue weighted by molar-refractivity contribution is 5.01. The van der Waals surface area contributed by atoms with Crippen molar-refractivity contribution in [2.45, 2.75) is 46.2 Å². The maximum absolute atomic E-state index is 4.56. The van der Waals surface area contributed by atoms with Gasteiger partial charge in [0.1, 0.15) is 0 Å². The predicted molar refractivity (Wildman–Crippen MR) is 64.0 cm³/mol. The summed E-state index contributed by atoms with van der Waals surface area (Å²) in [5.74, 6) is 0.616. The molecular weight excluding hydrogens is 186 g/mol. The molecule has 0 fully saturated rings. The first kappa shape index (κ1) is 12.2. The van der Waals surface area contributed by atoms with Gasteiger partial charge in [0.05, 0.1) is 5.69 Å². The lowest BCUT2D eigenvalue weighted by Crippen LogP contribution is -2.29. The van der Waals surface area contributed by atoms with E-state index in [1.807, 2.05) is 11.7 Å². The second kappa shape index (κ2) is 5.31. The van der Waals surface area contributed by atoms with Gasteiger partial charge in [-0.1, -0.05) is 6.92 Å². The van der Waals surface area contributed by atoms with Crippen molar-refractivity contribution in [2.24, 2.45) is 5.92 Å². The zero-order chi connectivity index (χ0) is 11.4. The SMILES string of the molecule is CNC(C)C(C)Cc1ccn(C(C)C)n1. The van der Waals surface area contributed by atoms with Crippen LogP contribution in [-0.4, -0.2) is 22.9 Å². The van der Waals surface area contributed by atoms with Crippen LogP contribution in [0.25, 0.3) is 0 Å². The predicted octanol–water partition coefficient (Wildman–Crippen LogP) is 2.25. The first-order valence-corrected chi connectivity index (χ1v) is 5.76. The van der Waals surface area contributed by atoms with E-state index in [0.717, 1.165) is 6.42 Å². The first-order chi connectivity index (χ1) is 7.04. The molecule has 0 aliphatic carbocycles. The van der Waals surface area contributed by atoms with Crippen molar-refractivity contribution in [3.05, 3.63) is 18.0 Å². The van der Waals surface area contributed by atoms with E-state index in [9.17, 15) is 0 Å². The molecule has 0 aliphatic heterocycles. The van der Waals surface area contributed by atoms with Gasteiger partial charge in [0.25, 0.3) is 0 Å². The maximum Gasteiger partial charge on any atom is 0.0627 e. The lowest BCUT2D eigenvalue weighted by molar-refractivity contribution is 0.416. The van der Waals surface area contributed by atoms with Crippen LogP contribution >= 0.6 is 0 Å². The van der Waals surface area contributed by atoms with Gasteiger partial charge in [-0.15, -0.1) is 0 Å². The lowest BCUT2D eigenvalue weighted by Gasteiger charge is -2.17. The molecule has 3 heteroatoms. The standard InChI is InChI=1S/C12H23N3/c1-9(2)15-7-6-12(14-15)8-10(3)11(4)13-5/h6-7,9-11,13H,8H2,1-5H3. The van der Waals surface area contributed by atoms with E-state index in [2.05, 4.69) is 50.4 Å². The fraction of sp³-hybridized carbons (Fsp3) is 0.750. The molecule has 0 amide bonds. The molecule has 0 spiro atoms. The van der Waals surface area contributed by atoms with Crippen LogP contribution in [0.3, 0.4) is 0 Å². The second-order valence-corrected chi connectivity index (χ2v) is 4.64. The number of hydrogen-bond donors (Lipinski definition) is 1. The molecular formula is C12H23N3. The highest BCUT2D eigenvalue weighted by atomic mass is 15.3. The molecule has 1 rings (SSSR count). The minimum Gasteiger partial charge on any atom is -0.317 e. The van der Waals surface area contributed by atoms with Crippen molar-refractivity contribution >= 4 is 0 Å². The Kier molecular flexibility index (Phi) is 4.33. The van der Waals surface area contributed by atoms with E-state index in [-0.39, 0.29) is 0 Å². The summed E-state index contributed by atoms with van der Waals surface area (Å²) in [6, 6.07) is 3.11. The van der Waals surface area contributed by atoms with Crippen LogP contribution in [0.5, 0.6) is 0 Å². The molecule has 0 radical (unpaired) electrons. The number of rotatable bonds is 5. The van der Waals surface area contributed by atoms with Gasteiger partial charge < -0.3 is 5.32 Å². The van der Waals surface area contributed by atoms with Crippen molar-refractivity contribution in [1.29, 1.82) is 0 Å². The van der Waals surface area contributed by atoms with Gasteiger partial charge in [0, 0.05) is 18.3 Å². The Bertz CT molecular complexity index is 291. The summed E-state index contributed by atoms with van der Waals surface area (Å²) >= 11 is 0. The van der Waals surface area contributed by atoms with Crippen molar-refractivity contribution in [3.8, 4) is 0 Å².